The number of nitrogens with two attached hydrogens (primary N) is 1. The topological polar surface area (TPSA) is 48.1 Å². The van der Waals surface area contributed by atoms with E-state index >= 15 is 0 Å². The van der Waals surface area contributed by atoms with E-state index in [4.69, 9.17) is 10.5 Å². The first-order valence-electron chi connectivity index (χ1n) is 6.58. The molecule has 0 spiro atoms. The number of pyridine rings is 1. The van der Waals surface area contributed by atoms with Gasteiger partial charge in [-0.1, -0.05) is 0 Å². The van der Waals surface area contributed by atoms with Gasteiger partial charge >= 0.3 is 0 Å². The van der Waals surface area contributed by atoms with Gasteiger partial charge in [0.2, 0.25) is 0 Å². The Labute approximate surface area is 103 Å². The lowest BCUT2D eigenvalue weighted by Crippen LogP contribution is -2.42. The zero-order chi connectivity index (χ0) is 12.0. The Morgan fingerprint density at radius 3 is 2.65 bits per heavy atom. The van der Waals surface area contributed by atoms with E-state index in [1.807, 2.05) is 12.4 Å². The fraction of sp³-hybridized carbons (Fsp3) is 0.643. The van der Waals surface area contributed by atoms with Gasteiger partial charge in [0.15, 0.2) is 0 Å². The van der Waals surface area contributed by atoms with Gasteiger partial charge < -0.3 is 10.5 Å². The van der Waals surface area contributed by atoms with E-state index in [1.54, 1.807) is 0 Å². The predicted molar refractivity (Wildman–Crippen MR) is 68.8 cm³/mol. The van der Waals surface area contributed by atoms with E-state index in [2.05, 4.69) is 17.1 Å². The van der Waals surface area contributed by atoms with Crippen molar-refractivity contribution in [2.24, 2.45) is 5.73 Å². The lowest BCUT2D eigenvalue weighted by Gasteiger charge is -2.41. The molecule has 2 rings (SSSR count). The van der Waals surface area contributed by atoms with Crippen molar-refractivity contribution in [3.8, 4) is 0 Å². The minimum atomic E-state index is 0.132. The van der Waals surface area contributed by atoms with Gasteiger partial charge in [0, 0.05) is 19.0 Å². The third kappa shape index (κ3) is 3.51. The van der Waals surface area contributed by atoms with Crippen molar-refractivity contribution < 1.29 is 4.74 Å². The summed E-state index contributed by atoms with van der Waals surface area (Å²) >= 11 is 0. The molecular weight excluding hydrogens is 212 g/mol. The standard InChI is InChI=1S/C14H22N2O/c15-9-8-14(6-2-7-14)17-12-1-3-13-4-10-16-11-5-13/h4-5,10-11H,1-3,6-9,12,15H2. The molecule has 0 aromatic carbocycles. The van der Waals surface area contributed by atoms with Gasteiger partial charge in [0.1, 0.15) is 0 Å². The fourth-order valence-electron chi connectivity index (χ4n) is 2.42. The second kappa shape index (κ2) is 6.12. The number of aromatic nitrogens is 1. The summed E-state index contributed by atoms with van der Waals surface area (Å²) < 4.78 is 6.03. The van der Waals surface area contributed by atoms with Crippen LogP contribution >= 0.6 is 0 Å². The number of nitrogens with zero attached hydrogens (tertiary/aromatic N) is 1. The van der Waals surface area contributed by atoms with E-state index in [0.29, 0.717) is 0 Å². The molecule has 0 aliphatic heterocycles. The molecule has 1 aromatic rings. The summed E-state index contributed by atoms with van der Waals surface area (Å²) in [7, 11) is 0. The molecule has 1 aliphatic carbocycles. The highest BCUT2D eigenvalue weighted by molar-refractivity contribution is 5.09. The first-order valence-corrected chi connectivity index (χ1v) is 6.58. The monoisotopic (exact) mass is 234 g/mol. The SMILES string of the molecule is NCCC1(OCCCc2ccncc2)CCC1. The summed E-state index contributed by atoms with van der Waals surface area (Å²) in [5.41, 5.74) is 7.10. The summed E-state index contributed by atoms with van der Waals surface area (Å²) in [5.74, 6) is 0. The van der Waals surface area contributed by atoms with Crippen LogP contribution in [0.4, 0.5) is 0 Å². The Morgan fingerprint density at radius 1 is 1.29 bits per heavy atom. The van der Waals surface area contributed by atoms with Gasteiger partial charge in [-0.3, -0.25) is 4.98 Å². The zero-order valence-corrected chi connectivity index (χ0v) is 10.4. The van der Waals surface area contributed by atoms with Crippen molar-refractivity contribution in [3.05, 3.63) is 30.1 Å². The summed E-state index contributed by atoms with van der Waals surface area (Å²) in [5, 5.41) is 0. The van der Waals surface area contributed by atoms with Crippen molar-refractivity contribution in [1.29, 1.82) is 0 Å². The van der Waals surface area contributed by atoms with Crippen molar-refractivity contribution in [2.45, 2.75) is 44.1 Å². The molecule has 0 saturated heterocycles. The van der Waals surface area contributed by atoms with Crippen LogP contribution in [0, 0.1) is 0 Å². The van der Waals surface area contributed by atoms with Crippen LogP contribution in [0.1, 0.15) is 37.7 Å². The van der Waals surface area contributed by atoms with E-state index in [0.717, 1.165) is 32.4 Å². The van der Waals surface area contributed by atoms with Crippen molar-refractivity contribution in [2.75, 3.05) is 13.2 Å². The smallest absolute Gasteiger partial charge is 0.0694 e. The zero-order valence-electron chi connectivity index (χ0n) is 10.4. The first-order chi connectivity index (χ1) is 8.35. The van der Waals surface area contributed by atoms with Gasteiger partial charge in [-0.15, -0.1) is 0 Å². The molecule has 0 radical (unpaired) electrons. The highest BCUT2D eigenvalue weighted by Crippen LogP contribution is 2.38. The normalized spacial score (nSPS) is 17.7. The average Bonchev–Trinajstić information content (AvgIpc) is 2.32. The minimum Gasteiger partial charge on any atom is -0.375 e. The second-order valence-electron chi connectivity index (χ2n) is 4.88. The molecule has 0 bridgehead atoms. The molecule has 1 heterocycles. The van der Waals surface area contributed by atoms with E-state index in [9.17, 15) is 0 Å². The Kier molecular flexibility index (Phi) is 4.51. The summed E-state index contributed by atoms with van der Waals surface area (Å²) in [4.78, 5) is 4.01. The maximum atomic E-state index is 6.03. The first kappa shape index (κ1) is 12.5. The lowest BCUT2D eigenvalue weighted by molar-refractivity contribution is -0.104. The molecule has 3 nitrogen and oxygen atoms in total. The largest absolute Gasteiger partial charge is 0.375 e. The Hall–Kier alpha value is -0.930. The van der Waals surface area contributed by atoms with Crippen LogP contribution in [0.25, 0.3) is 0 Å². The van der Waals surface area contributed by atoms with Crippen LogP contribution < -0.4 is 5.73 Å². The highest BCUT2D eigenvalue weighted by atomic mass is 16.5. The maximum Gasteiger partial charge on any atom is 0.0694 e. The molecule has 1 fully saturated rings. The highest BCUT2D eigenvalue weighted by Gasteiger charge is 2.36. The Morgan fingerprint density at radius 2 is 2.06 bits per heavy atom. The van der Waals surface area contributed by atoms with Gasteiger partial charge in [0.05, 0.1) is 5.60 Å². The molecule has 1 aromatic heterocycles. The van der Waals surface area contributed by atoms with Gasteiger partial charge in [0.25, 0.3) is 0 Å². The Balaban J connectivity index is 1.66. The molecule has 0 atom stereocenters. The number of hydrogen-bond donors (Lipinski definition) is 1. The number of rotatable bonds is 7. The van der Waals surface area contributed by atoms with Crippen LogP contribution in [0.15, 0.2) is 24.5 Å². The average molecular weight is 234 g/mol. The lowest BCUT2D eigenvalue weighted by atomic mass is 9.77. The van der Waals surface area contributed by atoms with E-state index < -0.39 is 0 Å². The summed E-state index contributed by atoms with van der Waals surface area (Å²) in [6.45, 7) is 1.59. The molecule has 0 unspecified atom stereocenters. The second-order valence-corrected chi connectivity index (χ2v) is 4.88. The molecule has 94 valence electrons. The molecule has 1 saturated carbocycles. The van der Waals surface area contributed by atoms with Crippen LogP contribution in [0.5, 0.6) is 0 Å². The molecule has 17 heavy (non-hydrogen) atoms. The third-order valence-corrected chi connectivity index (χ3v) is 3.63. The van der Waals surface area contributed by atoms with Crippen molar-refractivity contribution in [3.63, 3.8) is 0 Å². The number of ether oxygens (including phenoxy) is 1. The summed E-state index contributed by atoms with van der Waals surface area (Å²) in [6, 6.07) is 4.14. The predicted octanol–water partition coefficient (Wildman–Crippen LogP) is 2.30. The third-order valence-electron chi connectivity index (χ3n) is 3.63. The van der Waals surface area contributed by atoms with Crippen molar-refractivity contribution >= 4 is 0 Å². The van der Waals surface area contributed by atoms with Gasteiger partial charge in [-0.25, -0.2) is 0 Å². The van der Waals surface area contributed by atoms with Crippen LogP contribution in [-0.2, 0) is 11.2 Å². The van der Waals surface area contributed by atoms with E-state index in [-0.39, 0.29) is 5.60 Å². The van der Waals surface area contributed by atoms with Crippen LogP contribution in [-0.4, -0.2) is 23.7 Å². The van der Waals surface area contributed by atoms with Gasteiger partial charge in [-0.2, -0.15) is 0 Å². The molecule has 2 N–H and O–H groups in total. The van der Waals surface area contributed by atoms with Crippen molar-refractivity contribution in [1.82, 2.24) is 4.98 Å². The minimum absolute atomic E-state index is 0.132. The van der Waals surface area contributed by atoms with Crippen LogP contribution in [0.2, 0.25) is 0 Å². The van der Waals surface area contributed by atoms with Gasteiger partial charge in [-0.05, 0) is 62.8 Å². The number of aryl methyl sites for hydroxylation is 1. The molecule has 1 aliphatic rings. The maximum absolute atomic E-state index is 6.03. The molecule has 0 amide bonds. The summed E-state index contributed by atoms with van der Waals surface area (Å²) in [6.07, 6.45) is 10.5. The number of hydrogen-bond acceptors (Lipinski definition) is 3. The molecule has 3 heteroatoms. The fourth-order valence-corrected chi connectivity index (χ4v) is 2.42. The van der Waals surface area contributed by atoms with Crippen LogP contribution in [0.3, 0.4) is 0 Å². The molecular formula is C14H22N2O. The Bertz CT molecular complexity index is 322. The quantitative estimate of drug-likeness (QED) is 0.736. The van der Waals surface area contributed by atoms with E-state index in [1.165, 1.54) is 24.8 Å².